The number of oxime groups is 1. The first kappa shape index (κ1) is 11.3. The molecule has 0 radical (unpaired) electrons. The molecule has 0 aromatic heterocycles. The lowest BCUT2D eigenvalue weighted by Crippen LogP contribution is -2.36. The molecule has 1 unspecified atom stereocenters. The third kappa shape index (κ3) is 2.85. The van der Waals surface area contributed by atoms with Crippen LogP contribution in [0.3, 0.4) is 0 Å². The summed E-state index contributed by atoms with van der Waals surface area (Å²) in [4.78, 5) is 0. The summed E-state index contributed by atoms with van der Waals surface area (Å²) >= 11 is 0. The minimum atomic E-state index is -2.90. The molecular formula is C7H15N3O3S. The SMILES string of the molecule is NC(CNCC1CCCS1(=O)=O)=NO. The lowest BCUT2D eigenvalue weighted by molar-refractivity contribution is 0.317. The third-order valence-electron chi connectivity index (χ3n) is 2.27. The Morgan fingerprint density at radius 3 is 2.86 bits per heavy atom. The van der Waals surface area contributed by atoms with Gasteiger partial charge >= 0.3 is 0 Å². The Bertz CT molecular complexity index is 312. The summed E-state index contributed by atoms with van der Waals surface area (Å²) in [5.74, 6) is 0.337. The molecule has 0 saturated carbocycles. The van der Waals surface area contributed by atoms with E-state index in [1.165, 1.54) is 0 Å². The van der Waals surface area contributed by atoms with Gasteiger partial charge in [0.2, 0.25) is 0 Å². The third-order valence-corrected chi connectivity index (χ3v) is 4.55. The minimum Gasteiger partial charge on any atom is -0.409 e. The Labute approximate surface area is 83.1 Å². The Hall–Kier alpha value is -0.820. The Balaban J connectivity index is 2.32. The van der Waals surface area contributed by atoms with Crippen LogP contribution < -0.4 is 11.1 Å². The van der Waals surface area contributed by atoms with Crippen molar-refractivity contribution in [2.24, 2.45) is 10.9 Å². The van der Waals surface area contributed by atoms with Crippen molar-refractivity contribution in [3.05, 3.63) is 0 Å². The van der Waals surface area contributed by atoms with E-state index in [-0.39, 0.29) is 23.4 Å². The highest BCUT2D eigenvalue weighted by Crippen LogP contribution is 2.18. The molecule has 1 fully saturated rings. The van der Waals surface area contributed by atoms with E-state index in [0.717, 1.165) is 6.42 Å². The molecule has 0 aliphatic carbocycles. The maximum absolute atomic E-state index is 11.4. The smallest absolute Gasteiger partial charge is 0.154 e. The zero-order valence-electron chi connectivity index (χ0n) is 7.81. The second kappa shape index (κ2) is 4.61. The van der Waals surface area contributed by atoms with Gasteiger partial charge in [0.15, 0.2) is 15.7 Å². The van der Waals surface area contributed by atoms with Crippen LogP contribution in [0.5, 0.6) is 0 Å². The van der Waals surface area contributed by atoms with Gasteiger partial charge in [0.05, 0.1) is 17.5 Å². The van der Waals surface area contributed by atoms with Crippen LogP contribution in [0.4, 0.5) is 0 Å². The summed E-state index contributed by atoms with van der Waals surface area (Å²) in [7, 11) is -2.90. The molecule has 0 bridgehead atoms. The highest BCUT2D eigenvalue weighted by Gasteiger charge is 2.30. The van der Waals surface area contributed by atoms with Crippen LogP contribution in [0, 0.1) is 0 Å². The van der Waals surface area contributed by atoms with Crippen molar-refractivity contribution in [2.75, 3.05) is 18.8 Å². The van der Waals surface area contributed by atoms with Crippen LogP contribution in [0.2, 0.25) is 0 Å². The van der Waals surface area contributed by atoms with Crippen molar-refractivity contribution < 1.29 is 13.6 Å². The first-order valence-corrected chi connectivity index (χ1v) is 6.16. The van der Waals surface area contributed by atoms with Gasteiger partial charge in [0.1, 0.15) is 0 Å². The van der Waals surface area contributed by atoms with Gasteiger partial charge in [-0.2, -0.15) is 0 Å². The first-order valence-electron chi connectivity index (χ1n) is 4.45. The van der Waals surface area contributed by atoms with E-state index in [1.54, 1.807) is 0 Å². The predicted molar refractivity (Wildman–Crippen MR) is 53.1 cm³/mol. The molecule has 7 heteroatoms. The highest BCUT2D eigenvalue weighted by atomic mass is 32.2. The fourth-order valence-electron chi connectivity index (χ4n) is 1.48. The molecule has 82 valence electrons. The van der Waals surface area contributed by atoms with Crippen LogP contribution in [0.1, 0.15) is 12.8 Å². The summed E-state index contributed by atoms with van der Waals surface area (Å²) in [6.07, 6.45) is 1.43. The lowest BCUT2D eigenvalue weighted by atomic mass is 10.2. The van der Waals surface area contributed by atoms with Crippen molar-refractivity contribution >= 4 is 15.7 Å². The quantitative estimate of drug-likeness (QED) is 0.242. The van der Waals surface area contributed by atoms with Gasteiger partial charge < -0.3 is 16.3 Å². The highest BCUT2D eigenvalue weighted by molar-refractivity contribution is 7.92. The van der Waals surface area contributed by atoms with Crippen molar-refractivity contribution in [1.82, 2.24) is 5.32 Å². The Kier molecular flexibility index (Phi) is 3.70. The largest absolute Gasteiger partial charge is 0.409 e. The fraction of sp³-hybridized carbons (Fsp3) is 0.857. The zero-order valence-corrected chi connectivity index (χ0v) is 8.63. The molecule has 1 atom stereocenters. The van der Waals surface area contributed by atoms with Crippen LogP contribution in [0.25, 0.3) is 0 Å². The van der Waals surface area contributed by atoms with E-state index in [1.807, 2.05) is 0 Å². The normalized spacial score (nSPS) is 26.6. The summed E-state index contributed by atoms with van der Waals surface area (Å²) in [6.45, 7) is 0.584. The Morgan fingerprint density at radius 2 is 2.36 bits per heavy atom. The average molecular weight is 221 g/mol. The van der Waals surface area contributed by atoms with E-state index in [9.17, 15) is 8.42 Å². The second-order valence-corrected chi connectivity index (χ2v) is 5.75. The summed E-state index contributed by atoms with van der Waals surface area (Å²) in [6, 6.07) is 0. The van der Waals surface area contributed by atoms with Crippen LogP contribution in [-0.2, 0) is 9.84 Å². The van der Waals surface area contributed by atoms with E-state index >= 15 is 0 Å². The fourth-order valence-corrected chi connectivity index (χ4v) is 3.28. The van der Waals surface area contributed by atoms with Gasteiger partial charge in [-0.05, 0) is 12.8 Å². The maximum Gasteiger partial charge on any atom is 0.154 e. The molecule has 1 heterocycles. The number of hydrogen-bond donors (Lipinski definition) is 3. The molecule has 1 rings (SSSR count). The number of rotatable bonds is 4. The predicted octanol–water partition coefficient (Wildman–Crippen LogP) is -1.10. The lowest BCUT2D eigenvalue weighted by Gasteiger charge is -2.09. The molecule has 1 aliphatic rings. The van der Waals surface area contributed by atoms with E-state index in [4.69, 9.17) is 10.9 Å². The van der Waals surface area contributed by atoms with E-state index in [2.05, 4.69) is 10.5 Å². The molecule has 1 saturated heterocycles. The molecule has 0 aromatic carbocycles. The number of hydrogen-bond acceptors (Lipinski definition) is 5. The van der Waals surface area contributed by atoms with Gasteiger partial charge in [-0.15, -0.1) is 0 Å². The number of sulfone groups is 1. The van der Waals surface area contributed by atoms with Gasteiger partial charge in [-0.3, -0.25) is 0 Å². The molecule has 1 aliphatic heterocycles. The van der Waals surface area contributed by atoms with Gasteiger partial charge in [-0.1, -0.05) is 5.16 Å². The maximum atomic E-state index is 11.4. The zero-order chi connectivity index (χ0) is 10.6. The molecule has 14 heavy (non-hydrogen) atoms. The molecular weight excluding hydrogens is 206 g/mol. The van der Waals surface area contributed by atoms with Crippen LogP contribution >= 0.6 is 0 Å². The van der Waals surface area contributed by atoms with E-state index in [0.29, 0.717) is 13.0 Å². The second-order valence-electron chi connectivity index (χ2n) is 3.35. The van der Waals surface area contributed by atoms with Crippen molar-refractivity contribution in [3.8, 4) is 0 Å². The molecule has 0 spiro atoms. The molecule has 0 aromatic rings. The van der Waals surface area contributed by atoms with Gasteiger partial charge in [0, 0.05) is 6.54 Å². The summed E-state index contributed by atoms with van der Waals surface area (Å²) in [5, 5.41) is 13.5. The Morgan fingerprint density at radius 1 is 1.64 bits per heavy atom. The van der Waals surface area contributed by atoms with Crippen LogP contribution in [-0.4, -0.2) is 43.6 Å². The minimum absolute atomic E-state index is 0.0559. The first-order chi connectivity index (χ1) is 6.56. The summed E-state index contributed by atoms with van der Waals surface area (Å²) < 4.78 is 22.7. The van der Waals surface area contributed by atoms with Crippen LogP contribution in [0.15, 0.2) is 5.16 Å². The van der Waals surface area contributed by atoms with Crippen molar-refractivity contribution in [1.29, 1.82) is 0 Å². The number of nitrogens with zero attached hydrogens (tertiary/aromatic N) is 1. The molecule has 6 nitrogen and oxygen atoms in total. The van der Waals surface area contributed by atoms with Gasteiger partial charge in [0.25, 0.3) is 0 Å². The van der Waals surface area contributed by atoms with Crippen molar-refractivity contribution in [2.45, 2.75) is 18.1 Å². The van der Waals surface area contributed by atoms with E-state index < -0.39 is 9.84 Å². The number of nitrogens with two attached hydrogens (primary N) is 1. The topological polar surface area (TPSA) is 105 Å². The van der Waals surface area contributed by atoms with Crippen molar-refractivity contribution in [3.63, 3.8) is 0 Å². The monoisotopic (exact) mass is 221 g/mol. The summed E-state index contributed by atoms with van der Waals surface area (Å²) in [5.41, 5.74) is 5.21. The number of nitrogens with one attached hydrogen (secondary N) is 1. The number of amidine groups is 1. The average Bonchev–Trinajstić information content (AvgIpc) is 2.45. The molecule has 0 amide bonds. The standard InChI is InChI=1S/C7H15N3O3S/c8-7(10-11)5-9-4-6-2-1-3-14(6,12)13/h6,9,11H,1-5H2,(H2,8,10). The van der Waals surface area contributed by atoms with Gasteiger partial charge in [-0.25, -0.2) is 8.42 Å². The molecule has 4 N–H and O–H groups in total.